The van der Waals surface area contributed by atoms with E-state index in [2.05, 4.69) is 16.2 Å². The number of carbonyl (C=O) groups excluding carboxylic acids is 3. The lowest BCUT2D eigenvalue weighted by Crippen LogP contribution is -2.43. The molecular weight excluding hydrogens is 298 g/mol. The Balaban J connectivity index is 2.29. The van der Waals surface area contributed by atoms with Crippen molar-refractivity contribution in [2.75, 3.05) is 6.54 Å². The number of rotatable bonds is 4. The topological polar surface area (TPSA) is 96.5 Å². The molecule has 0 aliphatic rings. The Bertz CT molecular complexity index is 579. The van der Waals surface area contributed by atoms with Crippen LogP contribution in [0.4, 0.5) is 4.79 Å². The van der Waals surface area contributed by atoms with Crippen LogP contribution >= 0.6 is 0 Å². The molecule has 3 N–H and O–H groups in total. The standard InChI is InChI=1S/C16H23N3O4/c1-11-7-5-6-8-12(11)14(21)19-18-13(20)9-10-17-15(22)23-16(2,3)4/h5-8H,9-10H2,1-4H3,(H,17,22)(H,18,20)(H,19,21). The van der Waals surface area contributed by atoms with Gasteiger partial charge in [0.2, 0.25) is 5.91 Å². The van der Waals surface area contributed by atoms with E-state index < -0.39 is 23.5 Å². The summed E-state index contributed by atoms with van der Waals surface area (Å²) in [5.74, 6) is -0.806. The summed E-state index contributed by atoms with van der Waals surface area (Å²) >= 11 is 0. The number of hydrazine groups is 1. The second-order valence-electron chi connectivity index (χ2n) is 6.00. The summed E-state index contributed by atoms with van der Waals surface area (Å²) in [6, 6.07) is 7.05. The summed E-state index contributed by atoms with van der Waals surface area (Å²) in [5, 5.41) is 2.46. The van der Waals surface area contributed by atoms with Crippen molar-refractivity contribution in [3.63, 3.8) is 0 Å². The van der Waals surface area contributed by atoms with Crippen LogP contribution in [0.5, 0.6) is 0 Å². The number of amides is 3. The van der Waals surface area contributed by atoms with E-state index >= 15 is 0 Å². The molecule has 0 heterocycles. The van der Waals surface area contributed by atoms with Crippen molar-refractivity contribution in [3.8, 4) is 0 Å². The maximum atomic E-state index is 11.9. The summed E-state index contributed by atoms with van der Waals surface area (Å²) in [6.45, 7) is 7.17. The number of ether oxygens (including phenoxy) is 1. The van der Waals surface area contributed by atoms with Gasteiger partial charge in [0.05, 0.1) is 0 Å². The van der Waals surface area contributed by atoms with Crippen LogP contribution in [-0.2, 0) is 9.53 Å². The van der Waals surface area contributed by atoms with E-state index in [-0.39, 0.29) is 13.0 Å². The fraction of sp³-hybridized carbons (Fsp3) is 0.438. The minimum absolute atomic E-state index is 0.0211. The van der Waals surface area contributed by atoms with Gasteiger partial charge in [0.1, 0.15) is 5.60 Å². The van der Waals surface area contributed by atoms with E-state index in [9.17, 15) is 14.4 Å². The molecule has 3 amide bonds. The highest BCUT2D eigenvalue weighted by atomic mass is 16.6. The van der Waals surface area contributed by atoms with E-state index in [0.29, 0.717) is 5.56 Å². The van der Waals surface area contributed by atoms with Crippen molar-refractivity contribution in [1.29, 1.82) is 0 Å². The van der Waals surface area contributed by atoms with Gasteiger partial charge >= 0.3 is 6.09 Å². The Labute approximate surface area is 135 Å². The van der Waals surface area contributed by atoms with Gasteiger partial charge in [0, 0.05) is 18.5 Å². The molecular formula is C16H23N3O4. The van der Waals surface area contributed by atoms with Crippen LogP contribution in [0.3, 0.4) is 0 Å². The summed E-state index contributed by atoms with van der Waals surface area (Å²) in [6.07, 6.45) is -0.568. The predicted molar refractivity (Wildman–Crippen MR) is 85.6 cm³/mol. The number of aryl methyl sites for hydroxylation is 1. The molecule has 0 radical (unpaired) electrons. The van der Waals surface area contributed by atoms with E-state index in [4.69, 9.17) is 4.74 Å². The summed E-state index contributed by atoms with van der Waals surface area (Å²) in [7, 11) is 0. The largest absolute Gasteiger partial charge is 0.444 e. The molecule has 23 heavy (non-hydrogen) atoms. The van der Waals surface area contributed by atoms with E-state index in [0.717, 1.165) is 5.56 Å². The number of nitrogens with one attached hydrogen (secondary N) is 3. The van der Waals surface area contributed by atoms with Crippen molar-refractivity contribution in [3.05, 3.63) is 35.4 Å². The van der Waals surface area contributed by atoms with Gasteiger partial charge in [-0.05, 0) is 39.3 Å². The number of hydrogen-bond acceptors (Lipinski definition) is 4. The zero-order chi connectivity index (χ0) is 17.5. The average Bonchev–Trinajstić information content (AvgIpc) is 2.43. The van der Waals surface area contributed by atoms with Crippen molar-refractivity contribution >= 4 is 17.9 Å². The van der Waals surface area contributed by atoms with Gasteiger partial charge in [-0.3, -0.25) is 20.4 Å². The first-order valence-electron chi connectivity index (χ1n) is 7.31. The molecule has 1 aromatic carbocycles. The van der Waals surface area contributed by atoms with Crippen molar-refractivity contribution < 1.29 is 19.1 Å². The minimum Gasteiger partial charge on any atom is -0.444 e. The Hall–Kier alpha value is -2.57. The lowest BCUT2D eigenvalue weighted by Gasteiger charge is -2.19. The van der Waals surface area contributed by atoms with Gasteiger partial charge in [-0.1, -0.05) is 18.2 Å². The predicted octanol–water partition coefficient (Wildman–Crippen LogP) is 1.67. The highest BCUT2D eigenvalue weighted by Gasteiger charge is 2.16. The molecule has 0 aliphatic carbocycles. The van der Waals surface area contributed by atoms with E-state index in [1.54, 1.807) is 32.9 Å². The Kier molecular flexibility index (Phi) is 6.56. The summed E-state index contributed by atoms with van der Waals surface area (Å²) in [5.41, 5.74) is 5.34. The highest BCUT2D eigenvalue weighted by Crippen LogP contribution is 2.06. The average molecular weight is 321 g/mol. The molecule has 0 aliphatic heterocycles. The molecule has 0 aromatic heterocycles. The van der Waals surface area contributed by atoms with Crippen LogP contribution in [0.15, 0.2) is 24.3 Å². The molecule has 0 saturated heterocycles. The normalized spacial score (nSPS) is 10.6. The lowest BCUT2D eigenvalue weighted by molar-refractivity contribution is -0.121. The fourth-order valence-corrected chi connectivity index (χ4v) is 1.68. The monoisotopic (exact) mass is 321 g/mol. The van der Waals surface area contributed by atoms with Gasteiger partial charge in [0.15, 0.2) is 0 Å². The zero-order valence-electron chi connectivity index (χ0n) is 13.9. The molecule has 0 unspecified atom stereocenters. The van der Waals surface area contributed by atoms with Gasteiger partial charge < -0.3 is 10.1 Å². The SMILES string of the molecule is Cc1ccccc1C(=O)NNC(=O)CCNC(=O)OC(C)(C)C. The number of benzene rings is 1. The van der Waals surface area contributed by atoms with Crippen molar-refractivity contribution in [1.82, 2.24) is 16.2 Å². The molecule has 1 aromatic rings. The van der Waals surface area contributed by atoms with Crippen LogP contribution in [-0.4, -0.2) is 30.1 Å². The number of hydrogen-bond donors (Lipinski definition) is 3. The van der Waals surface area contributed by atoms with Crippen LogP contribution in [0.2, 0.25) is 0 Å². The van der Waals surface area contributed by atoms with Crippen molar-refractivity contribution in [2.45, 2.75) is 39.7 Å². The number of carbonyl (C=O) groups is 3. The number of alkyl carbamates (subject to hydrolysis) is 1. The van der Waals surface area contributed by atoms with Gasteiger partial charge in [-0.2, -0.15) is 0 Å². The molecule has 0 bridgehead atoms. The first-order valence-corrected chi connectivity index (χ1v) is 7.31. The second kappa shape index (κ2) is 8.17. The Morgan fingerprint density at radius 1 is 1.09 bits per heavy atom. The molecule has 0 atom stereocenters. The smallest absolute Gasteiger partial charge is 0.407 e. The van der Waals surface area contributed by atoms with Crippen LogP contribution in [0.1, 0.15) is 43.1 Å². The lowest BCUT2D eigenvalue weighted by atomic mass is 10.1. The molecule has 1 rings (SSSR count). The third kappa shape index (κ3) is 7.30. The van der Waals surface area contributed by atoms with Crippen molar-refractivity contribution in [2.24, 2.45) is 0 Å². The maximum absolute atomic E-state index is 11.9. The van der Waals surface area contributed by atoms with Crippen LogP contribution in [0.25, 0.3) is 0 Å². The Morgan fingerprint density at radius 3 is 2.35 bits per heavy atom. The first-order chi connectivity index (χ1) is 10.7. The third-order valence-corrected chi connectivity index (χ3v) is 2.73. The Morgan fingerprint density at radius 2 is 1.74 bits per heavy atom. The first kappa shape index (κ1) is 18.5. The quantitative estimate of drug-likeness (QED) is 0.735. The summed E-state index contributed by atoms with van der Waals surface area (Å²) < 4.78 is 5.04. The second-order valence-corrected chi connectivity index (χ2v) is 6.00. The molecule has 7 nitrogen and oxygen atoms in total. The van der Waals surface area contributed by atoms with Gasteiger partial charge in [0.25, 0.3) is 5.91 Å². The molecule has 0 saturated carbocycles. The maximum Gasteiger partial charge on any atom is 0.407 e. The summed E-state index contributed by atoms with van der Waals surface area (Å²) in [4.78, 5) is 34.9. The zero-order valence-corrected chi connectivity index (χ0v) is 13.9. The fourth-order valence-electron chi connectivity index (χ4n) is 1.68. The van der Waals surface area contributed by atoms with E-state index in [1.165, 1.54) is 0 Å². The minimum atomic E-state index is -0.589. The van der Waals surface area contributed by atoms with Gasteiger partial charge in [-0.25, -0.2) is 4.79 Å². The van der Waals surface area contributed by atoms with Crippen LogP contribution < -0.4 is 16.2 Å². The highest BCUT2D eigenvalue weighted by molar-refractivity contribution is 5.96. The van der Waals surface area contributed by atoms with Gasteiger partial charge in [-0.15, -0.1) is 0 Å². The van der Waals surface area contributed by atoms with E-state index in [1.807, 2.05) is 19.1 Å². The van der Waals surface area contributed by atoms with Crippen LogP contribution in [0, 0.1) is 6.92 Å². The molecule has 7 heteroatoms. The molecule has 126 valence electrons. The molecule has 0 spiro atoms. The molecule has 0 fully saturated rings. The third-order valence-electron chi connectivity index (χ3n) is 2.73.